The minimum absolute atomic E-state index is 0.0288. The van der Waals surface area contributed by atoms with Crippen molar-refractivity contribution in [1.29, 1.82) is 0 Å². The minimum atomic E-state index is -0.0288. The molecule has 0 unspecified atom stereocenters. The molecule has 1 aromatic rings. The normalized spacial score (nSPS) is 17.2. The molecule has 0 spiro atoms. The van der Waals surface area contributed by atoms with E-state index in [-0.39, 0.29) is 11.2 Å². The van der Waals surface area contributed by atoms with E-state index >= 15 is 0 Å². The first-order valence-electron chi connectivity index (χ1n) is 9.59. The average Bonchev–Trinajstić information content (AvgIpc) is 2.56. The molecule has 2 nitrogen and oxygen atoms in total. The molecule has 0 aromatic heterocycles. The molecule has 0 radical (unpaired) electrons. The number of hydrogen-bond donors (Lipinski definition) is 0. The molecule has 25 heavy (non-hydrogen) atoms. The Kier molecular flexibility index (Phi) is 7.04. The highest BCUT2D eigenvalue weighted by Crippen LogP contribution is 2.35. The van der Waals surface area contributed by atoms with Gasteiger partial charge in [-0.25, -0.2) is 0 Å². The van der Waals surface area contributed by atoms with Gasteiger partial charge in [-0.2, -0.15) is 0 Å². The van der Waals surface area contributed by atoms with Crippen molar-refractivity contribution in [2.45, 2.75) is 53.4 Å². The lowest BCUT2D eigenvalue weighted by Crippen LogP contribution is -2.36. The summed E-state index contributed by atoms with van der Waals surface area (Å²) in [4.78, 5) is 15.0. The van der Waals surface area contributed by atoms with Gasteiger partial charge in [0, 0.05) is 24.9 Å². The third kappa shape index (κ3) is 6.19. The predicted molar refractivity (Wildman–Crippen MR) is 106 cm³/mol. The molecule has 0 amide bonds. The molecule has 136 valence electrons. The first kappa shape index (κ1) is 19.5. The molecule has 0 bridgehead atoms. The fourth-order valence-corrected chi connectivity index (χ4v) is 3.34. The van der Waals surface area contributed by atoms with E-state index in [1.807, 2.05) is 12.1 Å². The van der Waals surface area contributed by atoms with Crippen LogP contribution in [0.1, 0.15) is 52.5 Å². The standard InChI is InChI=1S/C23H33NO/c1-19(2)17-24-16-15-23(3,4)21(18-24)22(25)14-10-6-9-13-20-11-7-5-8-12-20/h5,7-8,10-12,14,18-19H,6,9,13,15-17H2,1-4H3/b14-10+. The maximum atomic E-state index is 12.7. The van der Waals surface area contributed by atoms with Gasteiger partial charge in [0.1, 0.15) is 0 Å². The zero-order chi connectivity index (χ0) is 18.3. The largest absolute Gasteiger partial charge is 0.377 e. The maximum absolute atomic E-state index is 12.7. The Balaban J connectivity index is 1.89. The van der Waals surface area contributed by atoms with E-state index in [0.29, 0.717) is 5.92 Å². The number of nitrogens with zero attached hydrogens (tertiary/aromatic N) is 1. The van der Waals surface area contributed by atoms with E-state index in [1.54, 1.807) is 6.08 Å². The van der Waals surface area contributed by atoms with Gasteiger partial charge in [-0.3, -0.25) is 4.79 Å². The van der Waals surface area contributed by atoms with Crippen LogP contribution in [0.3, 0.4) is 0 Å². The third-order valence-electron chi connectivity index (χ3n) is 4.88. The van der Waals surface area contributed by atoms with E-state index < -0.39 is 0 Å². The monoisotopic (exact) mass is 339 g/mol. The molecule has 0 N–H and O–H groups in total. The van der Waals surface area contributed by atoms with Crippen LogP contribution >= 0.6 is 0 Å². The van der Waals surface area contributed by atoms with E-state index in [9.17, 15) is 4.79 Å². The number of rotatable bonds is 8. The molecule has 1 aliphatic rings. The molecule has 0 saturated carbocycles. The summed E-state index contributed by atoms with van der Waals surface area (Å²) in [7, 11) is 0. The Morgan fingerprint density at radius 2 is 1.96 bits per heavy atom. The topological polar surface area (TPSA) is 20.3 Å². The van der Waals surface area contributed by atoms with Gasteiger partial charge in [0.25, 0.3) is 0 Å². The van der Waals surface area contributed by atoms with Gasteiger partial charge < -0.3 is 4.90 Å². The molecule has 1 aromatic carbocycles. The summed E-state index contributed by atoms with van der Waals surface area (Å²) in [6.07, 6.45) is 10.1. The van der Waals surface area contributed by atoms with Gasteiger partial charge >= 0.3 is 0 Å². The minimum Gasteiger partial charge on any atom is -0.377 e. The van der Waals surface area contributed by atoms with Crippen molar-refractivity contribution in [1.82, 2.24) is 4.90 Å². The number of allylic oxidation sites excluding steroid dienone is 3. The molecular formula is C23H33NO. The van der Waals surface area contributed by atoms with Gasteiger partial charge in [0.05, 0.1) is 0 Å². The molecule has 0 aliphatic carbocycles. The quantitative estimate of drug-likeness (QED) is 0.466. The number of carbonyl (C=O) groups is 1. The first-order chi connectivity index (χ1) is 11.9. The summed E-state index contributed by atoms with van der Waals surface area (Å²) >= 11 is 0. The van der Waals surface area contributed by atoms with Crippen LogP contribution in [0.15, 0.2) is 54.3 Å². The second kappa shape index (κ2) is 9.03. The smallest absolute Gasteiger partial charge is 0.183 e. The number of benzene rings is 1. The van der Waals surface area contributed by atoms with Crippen molar-refractivity contribution in [2.75, 3.05) is 13.1 Å². The second-order valence-electron chi connectivity index (χ2n) is 8.21. The predicted octanol–water partition coefficient (Wildman–Crippen LogP) is 5.41. The van der Waals surface area contributed by atoms with E-state index in [1.165, 1.54) is 5.56 Å². The van der Waals surface area contributed by atoms with Crippen molar-refractivity contribution in [3.05, 3.63) is 59.8 Å². The SMILES string of the molecule is CC(C)CN1C=C(C(=O)/C=C/CCCc2ccccc2)C(C)(C)CC1. The van der Waals surface area contributed by atoms with Crippen LogP contribution in [-0.4, -0.2) is 23.8 Å². The summed E-state index contributed by atoms with van der Waals surface area (Å²) in [5.41, 5.74) is 2.29. The van der Waals surface area contributed by atoms with Crippen LogP contribution < -0.4 is 0 Å². The highest BCUT2D eigenvalue weighted by atomic mass is 16.1. The van der Waals surface area contributed by atoms with Gasteiger partial charge in [0.2, 0.25) is 0 Å². The van der Waals surface area contributed by atoms with Crippen molar-refractivity contribution in [3.63, 3.8) is 0 Å². The zero-order valence-corrected chi connectivity index (χ0v) is 16.3. The van der Waals surface area contributed by atoms with Crippen molar-refractivity contribution in [2.24, 2.45) is 11.3 Å². The average molecular weight is 340 g/mol. The van der Waals surface area contributed by atoms with Crippen LogP contribution in [-0.2, 0) is 11.2 Å². The molecule has 0 fully saturated rings. The Labute approximate surface area is 153 Å². The van der Waals surface area contributed by atoms with E-state index in [2.05, 4.69) is 63.1 Å². The molecule has 0 atom stereocenters. The lowest BCUT2D eigenvalue weighted by atomic mass is 9.77. The highest BCUT2D eigenvalue weighted by molar-refractivity contribution is 6.04. The molecular weight excluding hydrogens is 306 g/mol. The highest BCUT2D eigenvalue weighted by Gasteiger charge is 2.31. The fourth-order valence-electron chi connectivity index (χ4n) is 3.34. The Hall–Kier alpha value is -1.83. The van der Waals surface area contributed by atoms with E-state index in [0.717, 1.165) is 44.3 Å². The molecule has 2 heteroatoms. The molecule has 2 rings (SSSR count). The van der Waals surface area contributed by atoms with Gasteiger partial charge in [-0.05, 0) is 48.7 Å². The van der Waals surface area contributed by atoms with Crippen LogP contribution in [0.25, 0.3) is 0 Å². The number of carbonyl (C=O) groups excluding carboxylic acids is 1. The maximum Gasteiger partial charge on any atom is 0.183 e. The molecule has 0 saturated heterocycles. The third-order valence-corrected chi connectivity index (χ3v) is 4.88. The number of hydrogen-bond acceptors (Lipinski definition) is 2. The van der Waals surface area contributed by atoms with Crippen LogP contribution in [0.4, 0.5) is 0 Å². The first-order valence-corrected chi connectivity index (χ1v) is 9.59. The summed E-state index contributed by atoms with van der Waals surface area (Å²) < 4.78 is 0. The summed E-state index contributed by atoms with van der Waals surface area (Å²) in [6, 6.07) is 10.5. The van der Waals surface area contributed by atoms with E-state index in [4.69, 9.17) is 0 Å². The summed E-state index contributed by atoms with van der Waals surface area (Å²) in [6.45, 7) is 10.9. The summed E-state index contributed by atoms with van der Waals surface area (Å²) in [5, 5.41) is 0. The Morgan fingerprint density at radius 3 is 2.64 bits per heavy atom. The summed E-state index contributed by atoms with van der Waals surface area (Å²) in [5.74, 6) is 0.792. The Morgan fingerprint density at radius 1 is 1.24 bits per heavy atom. The van der Waals surface area contributed by atoms with Crippen LogP contribution in [0, 0.1) is 11.3 Å². The second-order valence-corrected chi connectivity index (χ2v) is 8.21. The van der Waals surface area contributed by atoms with Crippen molar-refractivity contribution < 1.29 is 4.79 Å². The van der Waals surface area contributed by atoms with Crippen molar-refractivity contribution >= 4 is 5.78 Å². The van der Waals surface area contributed by atoms with Gasteiger partial charge in [0.15, 0.2) is 5.78 Å². The van der Waals surface area contributed by atoms with Gasteiger partial charge in [-0.15, -0.1) is 0 Å². The Bertz CT molecular complexity index is 610. The van der Waals surface area contributed by atoms with Crippen molar-refractivity contribution in [3.8, 4) is 0 Å². The number of aryl methyl sites for hydroxylation is 1. The zero-order valence-electron chi connectivity index (χ0n) is 16.3. The van der Waals surface area contributed by atoms with Crippen LogP contribution in [0.2, 0.25) is 0 Å². The lowest BCUT2D eigenvalue weighted by Gasteiger charge is -2.37. The molecule has 1 aliphatic heterocycles. The lowest BCUT2D eigenvalue weighted by molar-refractivity contribution is -0.112. The number of unbranched alkanes of at least 4 members (excludes halogenated alkanes) is 1. The van der Waals surface area contributed by atoms with Crippen LogP contribution in [0.5, 0.6) is 0 Å². The molecule has 1 heterocycles. The number of ketones is 1. The fraction of sp³-hybridized carbons (Fsp3) is 0.522. The van der Waals surface area contributed by atoms with Gasteiger partial charge in [-0.1, -0.05) is 64.1 Å².